The Kier molecular flexibility index (Phi) is 5.14. The molecule has 0 unspecified atom stereocenters. The van der Waals surface area contributed by atoms with Gasteiger partial charge in [0.2, 0.25) is 12.5 Å². The Balaban J connectivity index is 1.50. The molecule has 0 bridgehead atoms. The van der Waals surface area contributed by atoms with E-state index in [1.54, 1.807) is 38.0 Å². The first-order valence-electron chi connectivity index (χ1n) is 9.81. The van der Waals surface area contributed by atoms with Gasteiger partial charge in [0, 0.05) is 11.8 Å². The van der Waals surface area contributed by atoms with E-state index in [2.05, 4.69) is 4.99 Å². The van der Waals surface area contributed by atoms with E-state index >= 15 is 0 Å². The van der Waals surface area contributed by atoms with Gasteiger partial charge in [-0.2, -0.15) is 0 Å². The summed E-state index contributed by atoms with van der Waals surface area (Å²) in [6.07, 6.45) is 1.81. The first kappa shape index (κ1) is 20.3. The second kappa shape index (κ2) is 8.12. The van der Waals surface area contributed by atoms with Crippen molar-refractivity contribution in [1.82, 2.24) is 4.57 Å². The fraction of sp³-hybridized carbons (Fsp3) is 0.273. The molecule has 2 aliphatic heterocycles. The number of ether oxygens (including phenoxy) is 5. The summed E-state index contributed by atoms with van der Waals surface area (Å²) < 4.78 is 29.3. The topological polar surface area (TPSA) is 83.8 Å². The molecule has 166 valence electrons. The number of thiazole rings is 1. The van der Waals surface area contributed by atoms with Crippen molar-refractivity contribution in [2.45, 2.75) is 6.67 Å². The van der Waals surface area contributed by atoms with Gasteiger partial charge in [-0.3, -0.25) is 9.36 Å². The molecule has 0 N–H and O–H groups in total. The Morgan fingerprint density at radius 1 is 1.03 bits per heavy atom. The second-order valence-electron chi connectivity index (χ2n) is 7.10. The monoisotopic (exact) mass is 455 g/mol. The molecule has 1 aromatic heterocycles. The molecule has 10 heteroatoms. The molecule has 0 saturated heterocycles. The summed E-state index contributed by atoms with van der Waals surface area (Å²) in [5, 5.41) is 0. The quantitative estimate of drug-likeness (QED) is 0.577. The largest absolute Gasteiger partial charge is 0.493 e. The summed E-state index contributed by atoms with van der Waals surface area (Å²) in [6, 6.07) is 9.32. The zero-order chi connectivity index (χ0) is 22.2. The maximum Gasteiger partial charge on any atom is 0.271 e. The number of hydrogen-bond acceptors (Lipinski definition) is 9. The molecule has 0 fully saturated rings. The molecule has 0 radical (unpaired) electrons. The van der Waals surface area contributed by atoms with Crippen molar-refractivity contribution in [2.24, 2.45) is 4.99 Å². The Morgan fingerprint density at radius 2 is 1.78 bits per heavy atom. The molecule has 32 heavy (non-hydrogen) atoms. The van der Waals surface area contributed by atoms with Crippen molar-refractivity contribution in [3.8, 4) is 28.7 Å². The van der Waals surface area contributed by atoms with Gasteiger partial charge in [0.15, 0.2) is 27.8 Å². The molecule has 2 aliphatic rings. The Labute approximate surface area is 187 Å². The maximum atomic E-state index is 13.1. The highest BCUT2D eigenvalue weighted by Gasteiger charge is 2.20. The summed E-state index contributed by atoms with van der Waals surface area (Å²) in [7, 11) is 4.67. The van der Waals surface area contributed by atoms with Crippen LogP contribution in [0.25, 0.3) is 6.08 Å². The minimum atomic E-state index is -0.104. The number of rotatable bonds is 5. The molecule has 0 aliphatic carbocycles. The molecule has 0 amide bonds. The minimum absolute atomic E-state index is 0.104. The molecule has 0 saturated carbocycles. The predicted octanol–water partition coefficient (Wildman–Crippen LogP) is 1.55. The van der Waals surface area contributed by atoms with Crippen LogP contribution in [0.3, 0.4) is 0 Å². The van der Waals surface area contributed by atoms with Crippen molar-refractivity contribution in [3.63, 3.8) is 0 Å². The van der Waals surface area contributed by atoms with Crippen LogP contribution >= 0.6 is 11.3 Å². The Morgan fingerprint density at radius 3 is 2.50 bits per heavy atom. The van der Waals surface area contributed by atoms with E-state index in [4.69, 9.17) is 23.7 Å². The minimum Gasteiger partial charge on any atom is -0.493 e. The van der Waals surface area contributed by atoms with Gasteiger partial charge in [-0.15, -0.1) is 0 Å². The third-order valence-electron chi connectivity index (χ3n) is 5.28. The van der Waals surface area contributed by atoms with Crippen molar-refractivity contribution in [2.75, 3.05) is 39.7 Å². The van der Waals surface area contributed by atoms with E-state index < -0.39 is 0 Å². The lowest BCUT2D eigenvalue weighted by Gasteiger charge is -2.25. The Bertz CT molecular complexity index is 1340. The lowest BCUT2D eigenvalue weighted by molar-refractivity contribution is 0.174. The van der Waals surface area contributed by atoms with Crippen LogP contribution in [0.15, 0.2) is 40.1 Å². The van der Waals surface area contributed by atoms with Crippen LogP contribution in [0.4, 0.5) is 5.69 Å². The van der Waals surface area contributed by atoms with E-state index in [1.165, 1.54) is 11.3 Å². The van der Waals surface area contributed by atoms with Gasteiger partial charge < -0.3 is 28.6 Å². The molecule has 3 aromatic rings. The molecule has 5 rings (SSSR count). The number of fused-ring (bicyclic) bond motifs is 2. The van der Waals surface area contributed by atoms with Crippen molar-refractivity contribution in [3.05, 3.63) is 55.6 Å². The van der Waals surface area contributed by atoms with Crippen LogP contribution in [0.2, 0.25) is 0 Å². The van der Waals surface area contributed by atoms with Crippen LogP contribution in [0, 0.1) is 0 Å². The fourth-order valence-electron chi connectivity index (χ4n) is 3.69. The maximum absolute atomic E-state index is 13.1. The first-order valence-corrected chi connectivity index (χ1v) is 10.6. The molecule has 2 aromatic carbocycles. The molecular weight excluding hydrogens is 434 g/mol. The van der Waals surface area contributed by atoms with Gasteiger partial charge in [-0.1, -0.05) is 11.3 Å². The smallest absolute Gasteiger partial charge is 0.271 e. The zero-order valence-electron chi connectivity index (χ0n) is 17.8. The predicted molar refractivity (Wildman–Crippen MR) is 119 cm³/mol. The van der Waals surface area contributed by atoms with Crippen LogP contribution < -0.4 is 43.5 Å². The van der Waals surface area contributed by atoms with Gasteiger partial charge in [0.05, 0.1) is 25.9 Å². The van der Waals surface area contributed by atoms with Crippen molar-refractivity contribution in [1.29, 1.82) is 0 Å². The fourth-order valence-corrected chi connectivity index (χ4v) is 4.66. The SMILES string of the molecule is COc1cc(C=c2sc3n(c2=O)CN(c2ccc4c(c2)OCO4)CN=3)cc(OC)c1OC. The Hall–Kier alpha value is -3.66. The van der Waals surface area contributed by atoms with Crippen molar-refractivity contribution >= 4 is 23.1 Å². The number of aromatic nitrogens is 1. The van der Waals surface area contributed by atoms with Crippen LogP contribution in [0.1, 0.15) is 5.56 Å². The van der Waals surface area contributed by atoms with E-state index in [1.807, 2.05) is 29.2 Å². The van der Waals surface area contributed by atoms with Crippen LogP contribution in [-0.2, 0) is 6.67 Å². The number of methoxy groups -OCH3 is 3. The molecule has 0 atom stereocenters. The van der Waals surface area contributed by atoms with Crippen molar-refractivity contribution < 1.29 is 23.7 Å². The zero-order valence-corrected chi connectivity index (χ0v) is 18.6. The lowest BCUT2D eigenvalue weighted by Crippen LogP contribution is -2.42. The summed E-state index contributed by atoms with van der Waals surface area (Å²) in [5.41, 5.74) is 1.58. The van der Waals surface area contributed by atoms with Gasteiger partial charge in [-0.25, -0.2) is 4.99 Å². The van der Waals surface area contributed by atoms with Crippen LogP contribution in [-0.4, -0.2) is 39.4 Å². The van der Waals surface area contributed by atoms with Gasteiger partial charge in [0.1, 0.15) is 13.3 Å². The third-order valence-corrected chi connectivity index (χ3v) is 6.33. The normalized spacial score (nSPS) is 14.7. The number of nitrogens with zero attached hydrogens (tertiary/aromatic N) is 3. The molecule has 0 spiro atoms. The third kappa shape index (κ3) is 3.42. The van der Waals surface area contributed by atoms with E-state index in [0.29, 0.717) is 45.7 Å². The second-order valence-corrected chi connectivity index (χ2v) is 8.11. The number of hydrogen-bond donors (Lipinski definition) is 0. The van der Waals surface area contributed by atoms with Gasteiger partial charge in [-0.05, 0) is 35.9 Å². The summed E-state index contributed by atoms with van der Waals surface area (Å²) >= 11 is 1.35. The van der Waals surface area contributed by atoms with E-state index in [9.17, 15) is 4.79 Å². The standard InChI is InChI=1S/C22H21N3O6S/c1-27-17-6-13(7-18(28-2)20(17)29-3)8-19-21(26)25-11-24(10-23-22(25)32-19)14-4-5-15-16(9-14)31-12-30-15/h4-9H,10-12H2,1-3H3. The molecule has 9 nitrogen and oxygen atoms in total. The number of anilines is 1. The van der Waals surface area contributed by atoms with Gasteiger partial charge in [0.25, 0.3) is 5.56 Å². The summed E-state index contributed by atoms with van der Waals surface area (Å²) in [5.74, 6) is 2.97. The number of benzene rings is 2. The van der Waals surface area contributed by atoms with E-state index in [-0.39, 0.29) is 12.4 Å². The van der Waals surface area contributed by atoms with Crippen LogP contribution in [0.5, 0.6) is 28.7 Å². The highest BCUT2D eigenvalue weighted by molar-refractivity contribution is 7.07. The average molecular weight is 455 g/mol. The highest BCUT2D eigenvalue weighted by Crippen LogP contribution is 2.38. The van der Waals surface area contributed by atoms with E-state index in [0.717, 1.165) is 17.0 Å². The van der Waals surface area contributed by atoms with Gasteiger partial charge >= 0.3 is 0 Å². The summed E-state index contributed by atoms with van der Waals surface area (Å²) in [4.78, 5) is 20.4. The molecular formula is C22H21N3O6S. The summed E-state index contributed by atoms with van der Waals surface area (Å²) in [6.45, 7) is 1.07. The lowest BCUT2D eigenvalue weighted by atomic mass is 10.1. The highest BCUT2D eigenvalue weighted by atomic mass is 32.1. The first-order chi connectivity index (χ1) is 15.6. The molecule has 3 heterocycles. The average Bonchev–Trinajstić information content (AvgIpc) is 3.42.